The highest BCUT2D eigenvalue weighted by atomic mass is 35.5. The summed E-state index contributed by atoms with van der Waals surface area (Å²) >= 11 is 6.16. The van der Waals surface area contributed by atoms with Gasteiger partial charge in [-0.05, 0) is 55.3 Å². The molecule has 1 aliphatic rings. The first kappa shape index (κ1) is 22.2. The summed E-state index contributed by atoms with van der Waals surface area (Å²) in [6.45, 7) is 0.919. The normalized spacial score (nSPS) is 16.1. The minimum atomic E-state index is -3.85. The molecule has 1 saturated heterocycles. The van der Waals surface area contributed by atoms with E-state index in [-0.39, 0.29) is 34.3 Å². The van der Waals surface area contributed by atoms with Gasteiger partial charge < -0.3 is 19.5 Å². The fraction of sp³-hybridized carbons (Fsp3) is 0.350. The molecule has 2 N–H and O–H groups in total. The Morgan fingerprint density at radius 3 is 2.63 bits per heavy atom. The summed E-state index contributed by atoms with van der Waals surface area (Å²) in [5.41, 5.74) is 0.384. The van der Waals surface area contributed by atoms with E-state index in [4.69, 9.17) is 25.8 Å². The molecule has 0 aliphatic carbocycles. The molecule has 1 fully saturated rings. The lowest BCUT2D eigenvalue weighted by Crippen LogP contribution is -2.35. The molecule has 10 heteroatoms. The third-order valence-corrected chi connectivity index (χ3v) is 6.14. The number of sulfonamides is 1. The Bertz CT molecular complexity index is 975. The Morgan fingerprint density at radius 1 is 1.23 bits per heavy atom. The molecule has 2 aromatic carbocycles. The molecule has 0 spiro atoms. The number of anilines is 1. The Hall–Kier alpha value is -2.49. The van der Waals surface area contributed by atoms with Crippen molar-refractivity contribution < 1.29 is 27.4 Å². The van der Waals surface area contributed by atoms with Gasteiger partial charge >= 0.3 is 0 Å². The van der Waals surface area contributed by atoms with E-state index < -0.39 is 10.0 Å². The average Bonchev–Trinajstić information content (AvgIpc) is 3.25. The highest BCUT2D eigenvalue weighted by molar-refractivity contribution is 7.92. The Balaban J connectivity index is 1.57. The summed E-state index contributed by atoms with van der Waals surface area (Å²) in [5, 5.41) is 2.82. The van der Waals surface area contributed by atoms with Crippen molar-refractivity contribution >= 4 is 33.2 Å². The van der Waals surface area contributed by atoms with Crippen LogP contribution in [-0.2, 0) is 19.6 Å². The minimum Gasteiger partial charge on any atom is -0.497 e. The summed E-state index contributed by atoms with van der Waals surface area (Å²) in [6, 6.07) is 10.5. The van der Waals surface area contributed by atoms with Crippen LogP contribution in [0.4, 0.5) is 5.69 Å². The Morgan fingerprint density at radius 2 is 2.00 bits per heavy atom. The lowest BCUT2D eigenvalue weighted by atomic mass is 10.2. The fourth-order valence-corrected chi connectivity index (χ4v) is 4.25. The van der Waals surface area contributed by atoms with E-state index in [0.29, 0.717) is 18.0 Å². The molecule has 1 atom stereocenters. The van der Waals surface area contributed by atoms with Crippen LogP contribution in [-0.4, -0.2) is 47.3 Å². The quantitative estimate of drug-likeness (QED) is 0.604. The van der Waals surface area contributed by atoms with Gasteiger partial charge in [0.25, 0.3) is 15.9 Å². The smallest absolute Gasteiger partial charge is 0.261 e. The molecule has 1 aliphatic heterocycles. The molecule has 0 unspecified atom stereocenters. The average molecular weight is 455 g/mol. The third-order valence-electron chi connectivity index (χ3n) is 4.47. The lowest BCUT2D eigenvalue weighted by molar-refractivity contribution is -0.123. The van der Waals surface area contributed by atoms with Crippen LogP contribution in [0.5, 0.6) is 11.5 Å². The van der Waals surface area contributed by atoms with Gasteiger partial charge in [-0.3, -0.25) is 9.52 Å². The zero-order chi connectivity index (χ0) is 21.6. The van der Waals surface area contributed by atoms with Crippen LogP contribution in [0.2, 0.25) is 5.02 Å². The zero-order valence-electron chi connectivity index (χ0n) is 16.4. The first-order valence-electron chi connectivity index (χ1n) is 9.35. The highest BCUT2D eigenvalue weighted by Gasteiger charge is 2.18. The van der Waals surface area contributed by atoms with E-state index in [0.717, 1.165) is 19.4 Å². The summed E-state index contributed by atoms with van der Waals surface area (Å²) < 4.78 is 43.5. The van der Waals surface area contributed by atoms with E-state index >= 15 is 0 Å². The van der Waals surface area contributed by atoms with Crippen LogP contribution in [0.3, 0.4) is 0 Å². The molecule has 3 rings (SSSR count). The van der Waals surface area contributed by atoms with E-state index in [1.165, 1.54) is 25.3 Å². The number of carbonyl (C=O) groups is 1. The van der Waals surface area contributed by atoms with Crippen LogP contribution in [0.1, 0.15) is 12.8 Å². The second-order valence-electron chi connectivity index (χ2n) is 6.65. The third kappa shape index (κ3) is 6.01. The summed E-state index contributed by atoms with van der Waals surface area (Å²) in [4.78, 5) is 11.9. The molecule has 8 nitrogen and oxygen atoms in total. The van der Waals surface area contributed by atoms with E-state index in [1.54, 1.807) is 24.3 Å². The van der Waals surface area contributed by atoms with Crippen LogP contribution < -0.4 is 19.5 Å². The van der Waals surface area contributed by atoms with Gasteiger partial charge in [0.2, 0.25) is 0 Å². The first-order valence-corrected chi connectivity index (χ1v) is 11.2. The highest BCUT2D eigenvalue weighted by Crippen LogP contribution is 2.28. The summed E-state index contributed by atoms with van der Waals surface area (Å²) in [6.07, 6.45) is 1.96. The molecular formula is C20H23ClN2O6S. The Kier molecular flexibility index (Phi) is 7.41. The van der Waals surface area contributed by atoms with Gasteiger partial charge in [-0.15, -0.1) is 0 Å². The van der Waals surface area contributed by atoms with Crippen molar-refractivity contribution in [1.82, 2.24) is 5.32 Å². The monoisotopic (exact) mass is 454 g/mol. The molecule has 30 heavy (non-hydrogen) atoms. The second-order valence-corrected chi connectivity index (χ2v) is 8.74. The van der Waals surface area contributed by atoms with Crippen molar-refractivity contribution in [2.45, 2.75) is 23.8 Å². The number of hydrogen-bond acceptors (Lipinski definition) is 6. The van der Waals surface area contributed by atoms with Crippen molar-refractivity contribution in [3.05, 3.63) is 47.5 Å². The molecule has 2 aromatic rings. The maximum absolute atomic E-state index is 12.6. The number of ether oxygens (including phenoxy) is 3. The molecule has 0 saturated carbocycles. The number of carbonyl (C=O) groups excluding carboxylic acids is 1. The fourth-order valence-electron chi connectivity index (χ4n) is 2.87. The Labute approximate surface area is 180 Å². The molecular weight excluding hydrogens is 432 g/mol. The molecule has 0 aromatic heterocycles. The lowest BCUT2D eigenvalue weighted by Gasteiger charge is -2.13. The number of benzene rings is 2. The van der Waals surface area contributed by atoms with E-state index in [2.05, 4.69) is 10.0 Å². The standard InChI is InChI=1S/C20H23ClN2O6S/c1-27-15-6-4-14(5-7-15)23-30(25,26)17-8-9-19(18(21)11-17)29-13-20(24)22-12-16-3-2-10-28-16/h4-9,11,16,23H,2-3,10,12-13H2,1H3,(H,22,24)/t16-/m0/s1. The van der Waals surface area contributed by atoms with Gasteiger partial charge in [0.15, 0.2) is 6.61 Å². The van der Waals surface area contributed by atoms with E-state index in [1.807, 2.05) is 0 Å². The van der Waals surface area contributed by atoms with Crippen molar-refractivity contribution in [2.75, 3.05) is 31.6 Å². The predicted octanol–water partition coefficient (Wildman–Crippen LogP) is 2.82. The molecule has 1 amide bonds. The number of rotatable bonds is 9. The second kappa shape index (κ2) is 10.0. The minimum absolute atomic E-state index is 0.0292. The van der Waals surface area contributed by atoms with Crippen molar-refractivity contribution in [1.29, 1.82) is 0 Å². The number of hydrogen-bond donors (Lipinski definition) is 2. The number of methoxy groups -OCH3 is 1. The van der Waals surface area contributed by atoms with Crippen molar-refractivity contribution in [3.63, 3.8) is 0 Å². The van der Waals surface area contributed by atoms with Crippen LogP contribution >= 0.6 is 11.6 Å². The van der Waals surface area contributed by atoms with Gasteiger partial charge in [-0.25, -0.2) is 8.42 Å². The van der Waals surface area contributed by atoms with Gasteiger partial charge in [-0.2, -0.15) is 0 Å². The van der Waals surface area contributed by atoms with E-state index in [9.17, 15) is 13.2 Å². The molecule has 1 heterocycles. The largest absolute Gasteiger partial charge is 0.497 e. The number of nitrogens with one attached hydrogen (secondary N) is 2. The van der Waals surface area contributed by atoms with Gasteiger partial charge in [0, 0.05) is 18.8 Å². The first-order chi connectivity index (χ1) is 14.4. The van der Waals surface area contributed by atoms with Crippen molar-refractivity contribution in [3.8, 4) is 11.5 Å². The number of halogens is 1. The molecule has 162 valence electrons. The van der Waals surface area contributed by atoms with Gasteiger partial charge in [0.05, 0.1) is 23.1 Å². The maximum Gasteiger partial charge on any atom is 0.261 e. The predicted molar refractivity (Wildman–Crippen MR) is 113 cm³/mol. The summed E-state index contributed by atoms with van der Waals surface area (Å²) in [7, 11) is -2.32. The van der Waals surface area contributed by atoms with Crippen LogP contribution in [0.25, 0.3) is 0 Å². The topological polar surface area (TPSA) is 103 Å². The maximum atomic E-state index is 12.6. The van der Waals surface area contributed by atoms with Gasteiger partial charge in [-0.1, -0.05) is 11.6 Å². The molecule has 0 radical (unpaired) electrons. The SMILES string of the molecule is COc1ccc(NS(=O)(=O)c2ccc(OCC(=O)NC[C@@H]3CCCO3)c(Cl)c2)cc1. The van der Waals surface area contributed by atoms with Crippen LogP contribution in [0.15, 0.2) is 47.4 Å². The van der Waals surface area contributed by atoms with Crippen molar-refractivity contribution in [2.24, 2.45) is 0 Å². The molecule has 0 bridgehead atoms. The zero-order valence-corrected chi connectivity index (χ0v) is 18.0. The van der Waals surface area contributed by atoms with Gasteiger partial charge in [0.1, 0.15) is 11.5 Å². The van der Waals surface area contributed by atoms with Crippen LogP contribution in [0, 0.1) is 0 Å². The summed E-state index contributed by atoms with van der Waals surface area (Å²) in [5.74, 6) is 0.522. The number of amides is 1.